The molecular weight excluding hydrogens is 368 g/mol. The molecule has 0 saturated heterocycles. The number of amides is 1. The van der Waals surface area contributed by atoms with Gasteiger partial charge in [0.1, 0.15) is 4.21 Å². The second-order valence-corrected chi connectivity index (χ2v) is 10.2. The second-order valence-electron chi connectivity index (χ2n) is 6.03. The van der Waals surface area contributed by atoms with Gasteiger partial charge in [0.05, 0.1) is 4.21 Å². The average molecular weight is 391 g/mol. The fourth-order valence-corrected chi connectivity index (χ4v) is 6.12. The lowest BCUT2D eigenvalue weighted by atomic mass is 10.1. The maximum atomic E-state index is 11.9. The predicted octanol–water partition coefficient (Wildman–Crippen LogP) is 1.04. The molecule has 1 fully saturated rings. The van der Waals surface area contributed by atoms with Crippen LogP contribution in [-0.4, -0.2) is 44.3 Å². The molecule has 1 aromatic heterocycles. The number of nitrogens with zero attached hydrogens (tertiary/aromatic N) is 1. The zero-order valence-electron chi connectivity index (χ0n) is 13.4. The van der Waals surface area contributed by atoms with Gasteiger partial charge in [-0.15, -0.1) is 11.3 Å². The molecule has 24 heavy (non-hydrogen) atoms. The number of hydrogen-bond acceptors (Lipinski definition) is 7. The van der Waals surface area contributed by atoms with E-state index in [1.165, 1.54) is 23.3 Å². The van der Waals surface area contributed by atoms with E-state index in [0.717, 1.165) is 35.7 Å². The molecule has 0 unspecified atom stereocenters. The Morgan fingerprint density at radius 2 is 2.21 bits per heavy atom. The predicted molar refractivity (Wildman–Crippen MR) is 95.3 cm³/mol. The van der Waals surface area contributed by atoms with Crippen LogP contribution in [0.15, 0.2) is 14.5 Å². The Morgan fingerprint density at radius 3 is 2.83 bits per heavy atom. The molecule has 3 rings (SSSR count). The van der Waals surface area contributed by atoms with Crippen molar-refractivity contribution >= 4 is 39.2 Å². The minimum atomic E-state index is -3.69. The van der Waals surface area contributed by atoms with E-state index >= 15 is 0 Å². The first kappa shape index (κ1) is 18.2. The number of primary sulfonamides is 1. The van der Waals surface area contributed by atoms with Crippen molar-refractivity contribution in [2.45, 2.75) is 46.7 Å². The highest BCUT2D eigenvalue weighted by atomic mass is 32.3. The number of carbonyl (C=O) groups excluding carboxylic acids is 1. The quantitative estimate of drug-likeness (QED) is 0.601. The zero-order valence-corrected chi connectivity index (χ0v) is 15.9. The molecule has 0 spiro atoms. The molecule has 2 heterocycles. The van der Waals surface area contributed by atoms with Crippen molar-refractivity contribution in [1.82, 2.24) is 14.9 Å². The summed E-state index contributed by atoms with van der Waals surface area (Å²) in [5.41, 5.74) is 0.981. The molecule has 0 aromatic carbocycles. The van der Waals surface area contributed by atoms with E-state index in [1.807, 2.05) is 6.92 Å². The smallest absolute Gasteiger partial charge is 0.247 e. The number of thiophene rings is 1. The number of likely N-dealkylation sites (N-methyl/N-ethyl adjacent to an activating group) is 1. The van der Waals surface area contributed by atoms with E-state index < -0.39 is 10.0 Å². The number of rotatable bonds is 7. The van der Waals surface area contributed by atoms with Gasteiger partial charge >= 0.3 is 0 Å². The molecule has 10 heteroatoms. The topological polar surface area (TPSA) is 105 Å². The van der Waals surface area contributed by atoms with Crippen molar-refractivity contribution in [3.63, 3.8) is 0 Å². The van der Waals surface area contributed by atoms with Crippen molar-refractivity contribution in [2.75, 3.05) is 19.6 Å². The number of nitrogens with two attached hydrogens (primary N) is 1. The van der Waals surface area contributed by atoms with Gasteiger partial charge < -0.3 is 10.6 Å². The first-order valence-corrected chi connectivity index (χ1v) is 11.1. The standard InChI is InChI=1S/C14H22N4O3S3/c1-2-16-11-8-18(6-5-12(19)17-9-3-4-9)23-14-10(11)7-13(22-14)24(15,20)21/h7,9,11,16H,2-6,8H2,1H3,(H,17,19)(H2,15,20,21)/t11-/m0/s1. The highest BCUT2D eigenvalue weighted by Crippen LogP contribution is 2.43. The number of hydrogen-bond donors (Lipinski definition) is 3. The van der Waals surface area contributed by atoms with Crippen molar-refractivity contribution < 1.29 is 13.2 Å². The molecule has 1 aliphatic carbocycles. The average Bonchev–Trinajstić information content (AvgIpc) is 3.19. The lowest BCUT2D eigenvalue weighted by molar-refractivity contribution is -0.121. The third-order valence-electron chi connectivity index (χ3n) is 3.94. The SMILES string of the molecule is CCN[C@H]1CN(CCC(=O)NC2CC2)Sc2sc(S(N)(=O)=O)cc21. The number of sulfonamides is 1. The maximum absolute atomic E-state index is 11.9. The van der Waals surface area contributed by atoms with Gasteiger partial charge in [0, 0.05) is 31.6 Å². The summed E-state index contributed by atoms with van der Waals surface area (Å²) in [5.74, 6) is 0.0836. The van der Waals surface area contributed by atoms with Gasteiger partial charge in [-0.1, -0.05) is 6.92 Å². The molecule has 2 aliphatic rings. The molecule has 1 saturated carbocycles. The molecule has 4 N–H and O–H groups in total. The summed E-state index contributed by atoms with van der Waals surface area (Å²) in [4.78, 5) is 11.9. The number of carbonyl (C=O) groups is 1. The molecule has 0 radical (unpaired) electrons. The van der Waals surface area contributed by atoms with Gasteiger partial charge in [0.2, 0.25) is 15.9 Å². The largest absolute Gasteiger partial charge is 0.353 e. The van der Waals surface area contributed by atoms with Crippen LogP contribution in [0, 0.1) is 0 Å². The lowest BCUT2D eigenvalue weighted by Gasteiger charge is -2.31. The van der Waals surface area contributed by atoms with Gasteiger partial charge in [-0.05, 0) is 43.0 Å². The summed E-state index contributed by atoms with van der Waals surface area (Å²) in [6, 6.07) is 2.10. The van der Waals surface area contributed by atoms with Crippen molar-refractivity contribution in [3.05, 3.63) is 11.6 Å². The Bertz CT molecular complexity index is 715. The molecule has 1 aliphatic heterocycles. The molecule has 1 atom stereocenters. The summed E-state index contributed by atoms with van der Waals surface area (Å²) in [6.45, 7) is 4.16. The Kier molecular flexibility index (Phi) is 5.52. The fourth-order valence-electron chi connectivity index (χ4n) is 2.59. The van der Waals surface area contributed by atoms with Gasteiger partial charge in [0.25, 0.3) is 0 Å². The summed E-state index contributed by atoms with van der Waals surface area (Å²) in [6.07, 6.45) is 2.62. The van der Waals surface area contributed by atoms with Crippen molar-refractivity contribution in [3.8, 4) is 0 Å². The van der Waals surface area contributed by atoms with Gasteiger partial charge in [-0.25, -0.2) is 17.9 Å². The lowest BCUT2D eigenvalue weighted by Crippen LogP contribution is -2.36. The molecule has 1 amide bonds. The van der Waals surface area contributed by atoms with Crippen LogP contribution >= 0.6 is 23.3 Å². The van der Waals surface area contributed by atoms with Gasteiger partial charge in [-0.2, -0.15) is 0 Å². The highest BCUT2D eigenvalue weighted by molar-refractivity contribution is 7.99. The van der Waals surface area contributed by atoms with E-state index in [-0.39, 0.29) is 16.2 Å². The Hall–Kier alpha value is -0.650. The maximum Gasteiger partial charge on any atom is 0.247 e. The zero-order chi connectivity index (χ0) is 17.3. The minimum absolute atomic E-state index is 0.0458. The van der Waals surface area contributed by atoms with Crippen LogP contribution < -0.4 is 15.8 Å². The monoisotopic (exact) mass is 390 g/mol. The Balaban J connectivity index is 1.68. The molecule has 7 nitrogen and oxygen atoms in total. The van der Waals surface area contributed by atoms with E-state index in [9.17, 15) is 13.2 Å². The summed E-state index contributed by atoms with van der Waals surface area (Å²) in [7, 11) is -3.69. The highest BCUT2D eigenvalue weighted by Gasteiger charge is 2.30. The molecule has 1 aromatic rings. The van der Waals surface area contributed by atoms with Crippen molar-refractivity contribution in [1.29, 1.82) is 0 Å². The van der Waals surface area contributed by atoms with Crippen LogP contribution in [0.3, 0.4) is 0 Å². The third kappa shape index (κ3) is 4.50. The number of nitrogens with one attached hydrogen (secondary N) is 2. The normalized spacial score (nSPS) is 21.5. The molecular formula is C14H22N4O3S3. The summed E-state index contributed by atoms with van der Waals surface area (Å²) in [5, 5.41) is 11.6. The first-order chi connectivity index (χ1) is 11.4. The fraction of sp³-hybridized carbons (Fsp3) is 0.643. The molecule has 0 bridgehead atoms. The molecule has 134 valence electrons. The van der Waals surface area contributed by atoms with Gasteiger partial charge in [-0.3, -0.25) is 4.79 Å². The van der Waals surface area contributed by atoms with E-state index in [2.05, 4.69) is 14.9 Å². The van der Waals surface area contributed by atoms with Crippen molar-refractivity contribution in [2.24, 2.45) is 5.14 Å². The van der Waals surface area contributed by atoms with Crippen LogP contribution in [0.2, 0.25) is 0 Å². The van der Waals surface area contributed by atoms with Crippen LogP contribution in [-0.2, 0) is 14.8 Å². The third-order valence-corrected chi connectivity index (χ3v) is 7.77. The first-order valence-electron chi connectivity index (χ1n) is 7.99. The van der Waals surface area contributed by atoms with Crippen LogP contribution in [0.4, 0.5) is 0 Å². The second kappa shape index (κ2) is 7.30. The Labute approximate surface area is 150 Å². The van der Waals surface area contributed by atoms with E-state index in [0.29, 0.717) is 19.0 Å². The van der Waals surface area contributed by atoms with E-state index in [4.69, 9.17) is 5.14 Å². The van der Waals surface area contributed by atoms with Crippen LogP contribution in [0.25, 0.3) is 0 Å². The van der Waals surface area contributed by atoms with Crippen LogP contribution in [0.1, 0.15) is 37.8 Å². The van der Waals surface area contributed by atoms with Gasteiger partial charge in [0.15, 0.2) is 0 Å². The summed E-state index contributed by atoms with van der Waals surface area (Å²) < 4.78 is 26.5. The summed E-state index contributed by atoms with van der Waals surface area (Å²) >= 11 is 2.71. The minimum Gasteiger partial charge on any atom is -0.353 e. The van der Waals surface area contributed by atoms with Crippen LogP contribution in [0.5, 0.6) is 0 Å². The van der Waals surface area contributed by atoms with E-state index in [1.54, 1.807) is 6.07 Å². The number of fused-ring (bicyclic) bond motifs is 1. The Morgan fingerprint density at radius 1 is 1.46 bits per heavy atom.